The van der Waals surface area contributed by atoms with Gasteiger partial charge < -0.3 is 9.84 Å². The van der Waals surface area contributed by atoms with Gasteiger partial charge in [0.1, 0.15) is 12.4 Å². The second-order valence-corrected chi connectivity index (χ2v) is 5.67. The van der Waals surface area contributed by atoms with Crippen LogP contribution in [0.4, 0.5) is 0 Å². The van der Waals surface area contributed by atoms with Crippen molar-refractivity contribution in [3.8, 4) is 17.6 Å². The third kappa shape index (κ3) is 4.49. The molecule has 1 heterocycles. The van der Waals surface area contributed by atoms with E-state index in [9.17, 15) is 0 Å². The topological polar surface area (TPSA) is 32.7 Å². The zero-order valence-electron chi connectivity index (χ0n) is 13.1. The number of aliphatic hydroxyl groups is 1. The highest BCUT2D eigenvalue weighted by Crippen LogP contribution is 2.26. The standard InChI is InChI=1S/C18H25NO2/c1-3-5-16-9-10-19(13-16)14-17-12-15(6-4-11-20)7-8-18(17)21-2/h7-8,12,16,20H,3,5,9-11,13-14H2,1-2H3. The normalized spacial score (nSPS) is 18.3. The highest BCUT2D eigenvalue weighted by Gasteiger charge is 2.22. The van der Waals surface area contributed by atoms with Gasteiger partial charge in [0.25, 0.3) is 0 Å². The molecule has 0 saturated carbocycles. The predicted octanol–water partition coefficient (Wildman–Crippen LogP) is 2.66. The fraction of sp³-hybridized carbons (Fsp3) is 0.556. The lowest BCUT2D eigenvalue weighted by atomic mass is 10.0. The van der Waals surface area contributed by atoms with E-state index in [0.717, 1.165) is 23.8 Å². The van der Waals surface area contributed by atoms with Gasteiger partial charge in [-0.05, 0) is 43.5 Å². The third-order valence-electron chi connectivity index (χ3n) is 4.05. The van der Waals surface area contributed by atoms with E-state index in [-0.39, 0.29) is 6.61 Å². The van der Waals surface area contributed by atoms with Gasteiger partial charge in [-0.3, -0.25) is 4.90 Å². The summed E-state index contributed by atoms with van der Waals surface area (Å²) in [5, 5.41) is 8.80. The number of benzene rings is 1. The Labute approximate surface area is 127 Å². The maximum atomic E-state index is 8.80. The van der Waals surface area contributed by atoms with Gasteiger partial charge in [0, 0.05) is 24.2 Å². The van der Waals surface area contributed by atoms with Crippen molar-refractivity contribution in [1.82, 2.24) is 4.90 Å². The summed E-state index contributed by atoms with van der Waals surface area (Å²) in [7, 11) is 1.71. The Morgan fingerprint density at radius 3 is 3.00 bits per heavy atom. The van der Waals surface area contributed by atoms with Crippen molar-refractivity contribution in [3.05, 3.63) is 29.3 Å². The summed E-state index contributed by atoms with van der Waals surface area (Å²) in [5.41, 5.74) is 2.11. The first-order chi connectivity index (χ1) is 10.3. The number of likely N-dealkylation sites (tertiary alicyclic amines) is 1. The molecule has 1 aromatic rings. The number of nitrogens with zero attached hydrogens (tertiary/aromatic N) is 1. The van der Waals surface area contributed by atoms with Crippen LogP contribution in [0.2, 0.25) is 0 Å². The third-order valence-corrected chi connectivity index (χ3v) is 4.05. The molecular weight excluding hydrogens is 262 g/mol. The van der Waals surface area contributed by atoms with E-state index in [1.807, 2.05) is 12.1 Å². The van der Waals surface area contributed by atoms with Crippen molar-refractivity contribution in [2.75, 3.05) is 26.8 Å². The minimum Gasteiger partial charge on any atom is -0.496 e. The van der Waals surface area contributed by atoms with Crippen molar-refractivity contribution >= 4 is 0 Å². The van der Waals surface area contributed by atoms with E-state index in [1.54, 1.807) is 7.11 Å². The zero-order valence-corrected chi connectivity index (χ0v) is 13.1. The van der Waals surface area contributed by atoms with Gasteiger partial charge in [-0.15, -0.1) is 0 Å². The fourth-order valence-corrected chi connectivity index (χ4v) is 3.06. The summed E-state index contributed by atoms with van der Waals surface area (Å²) < 4.78 is 5.47. The van der Waals surface area contributed by atoms with Crippen LogP contribution < -0.4 is 4.74 Å². The second-order valence-electron chi connectivity index (χ2n) is 5.67. The van der Waals surface area contributed by atoms with E-state index in [2.05, 4.69) is 29.7 Å². The van der Waals surface area contributed by atoms with Gasteiger partial charge in [0.15, 0.2) is 0 Å². The Kier molecular flexibility index (Phi) is 6.10. The molecule has 1 unspecified atom stereocenters. The van der Waals surface area contributed by atoms with E-state index in [0.29, 0.717) is 0 Å². The zero-order chi connectivity index (χ0) is 15.1. The largest absolute Gasteiger partial charge is 0.496 e. The Balaban J connectivity index is 2.07. The predicted molar refractivity (Wildman–Crippen MR) is 85.2 cm³/mol. The first kappa shape index (κ1) is 15.9. The Morgan fingerprint density at radius 1 is 1.43 bits per heavy atom. The molecule has 1 N–H and O–H groups in total. The molecule has 1 saturated heterocycles. The van der Waals surface area contributed by atoms with Crippen LogP contribution in [-0.4, -0.2) is 36.8 Å². The minimum absolute atomic E-state index is 0.105. The summed E-state index contributed by atoms with van der Waals surface area (Å²) in [6.45, 7) is 5.42. The van der Waals surface area contributed by atoms with E-state index < -0.39 is 0 Å². The average Bonchev–Trinajstić information content (AvgIpc) is 2.93. The maximum absolute atomic E-state index is 8.80. The molecule has 3 heteroatoms. The molecule has 0 aliphatic carbocycles. The van der Waals surface area contributed by atoms with Gasteiger partial charge >= 0.3 is 0 Å². The maximum Gasteiger partial charge on any atom is 0.123 e. The van der Waals surface area contributed by atoms with E-state index in [4.69, 9.17) is 9.84 Å². The van der Waals surface area contributed by atoms with Gasteiger partial charge in [0.05, 0.1) is 7.11 Å². The first-order valence-electron chi connectivity index (χ1n) is 7.75. The highest BCUT2D eigenvalue weighted by atomic mass is 16.5. The molecule has 0 bridgehead atoms. The summed E-state index contributed by atoms with van der Waals surface area (Å²) in [4.78, 5) is 2.50. The number of hydrogen-bond acceptors (Lipinski definition) is 3. The molecule has 1 aromatic carbocycles. The summed E-state index contributed by atoms with van der Waals surface area (Å²) in [6, 6.07) is 5.99. The molecule has 3 nitrogen and oxygen atoms in total. The lowest BCUT2D eigenvalue weighted by Gasteiger charge is -2.18. The molecule has 1 aliphatic heterocycles. The highest BCUT2D eigenvalue weighted by molar-refractivity contribution is 5.44. The van der Waals surface area contributed by atoms with Gasteiger partial charge in [-0.2, -0.15) is 0 Å². The van der Waals surface area contributed by atoms with Gasteiger partial charge in [-0.1, -0.05) is 25.2 Å². The lowest BCUT2D eigenvalue weighted by Crippen LogP contribution is -2.20. The monoisotopic (exact) mass is 287 g/mol. The van der Waals surface area contributed by atoms with Gasteiger partial charge in [0.2, 0.25) is 0 Å². The molecular formula is C18H25NO2. The molecule has 1 aliphatic rings. The summed E-state index contributed by atoms with van der Waals surface area (Å²) in [5.74, 6) is 7.43. The Hall–Kier alpha value is -1.50. The molecule has 0 radical (unpaired) electrons. The number of ether oxygens (including phenoxy) is 1. The average molecular weight is 287 g/mol. The smallest absolute Gasteiger partial charge is 0.123 e. The van der Waals surface area contributed by atoms with Crippen LogP contribution in [-0.2, 0) is 6.54 Å². The fourth-order valence-electron chi connectivity index (χ4n) is 3.06. The Morgan fingerprint density at radius 2 is 2.29 bits per heavy atom. The van der Waals surface area contributed by atoms with Crippen LogP contribution in [0.25, 0.3) is 0 Å². The summed E-state index contributed by atoms with van der Waals surface area (Å²) >= 11 is 0. The van der Waals surface area contributed by atoms with E-state index in [1.165, 1.54) is 37.9 Å². The molecule has 21 heavy (non-hydrogen) atoms. The number of aliphatic hydroxyl groups excluding tert-OH is 1. The molecule has 0 spiro atoms. The molecule has 2 rings (SSSR count). The van der Waals surface area contributed by atoms with Crippen molar-refractivity contribution in [2.24, 2.45) is 5.92 Å². The molecule has 114 valence electrons. The SMILES string of the molecule is CCCC1CCN(Cc2cc(C#CCO)ccc2OC)C1. The van der Waals surface area contributed by atoms with Crippen LogP contribution in [0.15, 0.2) is 18.2 Å². The molecule has 1 atom stereocenters. The van der Waals surface area contributed by atoms with Crippen LogP contribution in [0.5, 0.6) is 5.75 Å². The molecule has 0 aromatic heterocycles. The van der Waals surface area contributed by atoms with Crippen molar-refractivity contribution in [3.63, 3.8) is 0 Å². The number of methoxy groups -OCH3 is 1. The Bertz CT molecular complexity index is 516. The van der Waals surface area contributed by atoms with Crippen molar-refractivity contribution in [1.29, 1.82) is 0 Å². The van der Waals surface area contributed by atoms with Crippen molar-refractivity contribution in [2.45, 2.75) is 32.7 Å². The van der Waals surface area contributed by atoms with Crippen molar-refractivity contribution < 1.29 is 9.84 Å². The van der Waals surface area contributed by atoms with E-state index >= 15 is 0 Å². The number of hydrogen-bond donors (Lipinski definition) is 1. The van der Waals surface area contributed by atoms with Crippen LogP contribution >= 0.6 is 0 Å². The first-order valence-corrected chi connectivity index (χ1v) is 7.75. The van der Waals surface area contributed by atoms with Crippen LogP contribution in [0, 0.1) is 17.8 Å². The quantitative estimate of drug-likeness (QED) is 0.845. The van der Waals surface area contributed by atoms with Crippen LogP contribution in [0.1, 0.15) is 37.3 Å². The van der Waals surface area contributed by atoms with Crippen LogP contribution in [0.3, 0.4) is 0 Å². The second kappa shape index (κ2) is 8.07. The lowest BCUT2D eigenvalue weighted by molar-refractivity contribution is 0.305. The molecule has 0 amide bonds. The number of rotatable bonds is 5. The summed E-state index contributed by atoms with van der Waals surface area (Å²) in [6.07, 6.45) is 3.91. The molecule has 1 fully saturated rings. The minimum atomic E-state index is -0.105. The van der Waals surface area contributed by atoms with Gasteiger partial charge in [-0.25, -0.2) is 0 Å².